The van der Waals surface area contributed by atoms with Gasteiger partial charge in [0.2, 0.25) is 5.91 Å². The second kappa shape index (κ2) is 6.46. The second-order valence-electron chi connectivity index (χ2n) is 7.28. The molecule has 5 nitrogen and oxygen atoms in total. The SMILES string of the molecule is CC[C@H](NC(C)=O)C(=O)C1=CCC2[C@@H]([C@@H](C(=O)OC)C1)C2(C)C. The highest BCUT2D eigenvalue weighted by Crippen LogP contribution is 2.65. The molecule has 0 heterocycles. The third-order valence-corrected chi connectivity index (χ3v) is 5.55. The normalized spacial score (nSPS) is 29.4. The first-order valence-electron chi connectivity index (χ1n) is 8.32. The molecule has 2 aliphatic carbocycles. The van der Waals surface area contributed by atoms with Gasteiger partial charge in [-0.1, -0.05) is 26.8 Å². The van der Waals surface area contributed by atoms with E-state index in [4.69, 9.17) is 4.74 Å². The van der Waals surface area contributed by atoms with Crippen molar-refractivity contribution in [3.8, 4) is 0 Å². The molecule has 1 unspecified atom stereocenters. The topological polar surface area (TPSA) is 72.5 Å². The van der Waals surface area contributed by atoms with Crippen LogP contribution in [-0.2, 0) is 19.1 Å². The largest absolute Gasteiger partial charge is 0.469 e. The third-order valence-electron chi connectivity index (χ3n) is 5.55. The molecule has 2 rings (SSSR count). The zero-order chi connectivity index (χ0) is 17.4. The Morgan fingerprint density at radius 3 is 2.57 bits per heavy atom. The fourth-order valence-electron chi connectivity index (χ4n) is 4.16. The third kappa shape index (κ3) is 3.33. The van der Waals surface area contributed by atoms with E-state index in [9.17, 15) is 14.4 Å². The molecule has 0 aromatic carbocycles. The van der Waals surface area contributed by atoms with E-state index in [1.54, 1.807) is 0 Å². The number of hydrogen-bond acceptors (Lipinski definition) is 4. The van der Waals surface area contributed by atoms with Crippen LogP contribution in [0.25, 0.3) is 0 Å². The molecule has 0 aliphatic heterocycles. The lowest BCUT2D eigenvalue weighted by Crippen LogP contribution is -2.40. The fraction of sp³-hybridized carbons (Fsp3) is 0.722. The molecule has 0 radical (unpaired) electrons. The quantitative estimate of drug-likeness (QED) is 0.788. The van der Waals surface area contributed by atoms with Crippen LogP contribution in [0.2, 0.25) is 0 Å². The summed E-state index contributed by atoms with van der Waals surface area (Å²) in [5.41, 5.74) is 0.773. The molecule has 0 aromatic rings. The van der Waals surface area contributed by atoms with Crippen molar-refractivity contribution in [2.75, 3.05) is 7.11 Å². The molecule has 1 saturated carbocycles. The molecule has 4 atom stereocenters. The van der Waals surface area contributed by atoms with Gasteiger partial charge in [-0.25, -0.2) is 0 Å². The molecule has 1 N–H and O–H groups in total. The van der Waals surface area contributed by atoms with Gasteiger partial charge in [-0.05, 0) is 42.1 Å². The fourth-order valence-corrected chi connectivity index (χ4v) is 4.16. The second-order valence-corrected chi connectivity index (χ2v) is 7.28. The van der Waals surface area contributed by atoms with Gasteiger partial charge in [0, 0.05) is 6.92 Å². The predicted molar refractivity (Wildman–Crippen MR) is 86.5 cm³/mol. The first kappa shape index (κ1) is 17.7. The van der Waals surface area contributed by atoms with Gasteiger partial charge in [0.25, 0.3) is 0 Å². The Hall–Kier alpha value is -1.65. The minimum Gasteiger partial charge on any atom is -0.469 e. The van der Waals surface area contributed by atoms with Gasteiger partial charge in [-0.15, -0.1) is 0 Å². The van der Waals surface area contributed by atoms with Crippen LogP contribution >= 0.6 is 0 Å². The van der Waals surface area contributed by atoms with E-state index in [-0.39, 0.29) is 34.9 Å². The summed E-state index contributed by atoms with van der Waals surface area (Å²) in [6, 6.07) is -0.514. The number of esters is 1. The highest BCUT2D eigenvalue weighted by Gasteiger charge is 2.62. The van der Waals surface area contributed by atoms with Gasteiger partial charge in [0.05, 0.1) is 19.1 Å². The van der Waals surface area contributed by atoms with Crippen LogP contribution in [0.3, 0.4) is 0 Å². The summed E-state index contributed by atoms with van der Waals surface area (Å²) >= 11 is 0. The van der Waals surface area contributed by atoms with Gasteiger partial charge in [0.1, 0.15) is 0 Å². The number of ether oxygens (including phenoxy) is 1. The standard InChI is InChI=1S/C18H27NO4/c1-6-14(19-10(2)20)16(21)11-7-8-13-15(18(13,3)4)12(9-11)17(22)23-5/h7,12-15H,6,8-9H2,1-5H3,(H,19,20)/t12-,13?,14-,15+/m0/s1. The number of amides is 1. The Bertz CT molecular complexity index is 549. The monoisotopic (exact) mass is 321 g/mol. The van der Waals surface area contributed by atoms with E-state index >= 15 is 0 Å². The Kier molecular flexibility index (Phi) is 4.97. The van der Waals surface area contributed by atoms with Crippen molar-refractivity contribution >= 4 is 17.7 Å². The van der Waals surface area contributed by atoms with Gasteiger partial charge in [-0.3, -0.25) is 14.4 Å². The first-order valence-corrected chi connectivity index (χ1v) is 8.32. The van der Waals surface area contributed by atoms with E-state index in [1.807, 2.05) is 13.0 Å². The van der Waals surface area contributed by atoms with E-state index in [0.29, 0.717) is 24.3 Å². The summed E-state index contributed by atoms with van der Waals surface area (Å²) in [6.45, 7) is 7.62. The van der Waals surface area contributed by atoms with Crippen LogP contribution in [-0.4, -0.2) is 30.8 Å². The highest BCUT2D eigenvalue weighted by atomic mass is 16.5. The number of rotatable bonds is 5. The molecule has 5 heteroatoms. The van der Waals surface area contributed by atoms with Crippen molar-refractivity contribution in [1.29, 1.82) is 0 Å². The number of carbonyl (C=O) groups is 3. The Balaban J connectivity index is 2.21. The lowest BCUT2D eigenvalue weighted by molar-refractivity contribution is -0.146. The number of hydrogen-bond donors (Lipinski definition) is 1. The molecule has 0 spiro atoms. The number of fused-ring (bicyclic) bond motifs is 1. The van der Waals surface area contributed by atoms with E-state index in [2.05, 4.69) is 19.2 Å². The number of methoxy groups -OCH3 is 1. The van der Waals surface area contributed by atoms with Crippen molar-refractivity contribution < 1.29 is 19.1 Å². The Labute approximate surface area is 137 Å². The Morgan fingerprint density at radius 1 is 1.39 bits per heavy atom. The smallest absolute Gasteiger partial charge is 0.309 e. The molecular weight excluding hydrogens is 294 g/mol. The number of Topliss-reactive ketones (excluding diaryl/α,β-unsaturated/α-hetero) is 1. The summed E-state index contributed by atoms with van der Waals surface area (Å²) in [6.07, 6.45) is 3.73. The van der Waals surface area contributed by atoms with Crippen LogP contribution in [0, 0.1) is 23.2 Å². The molecule has 1 fully saturated rings. The summed E-state index contributed by atoms with van der Waals surface area (Å²) < 4.78 is 4.97. The van der Waals surface area contributed by atoms with Crippen LogP contribution < -0.4 is 5.32 Å². The first-order chi connectivity index (χ1) is 10.7. The molecular formula is C18H27NO4. The molecule has 128 valence electrons. The van der Waals surface area contributed by atoms with Crippen LogP contribution in [0.4, 0.5) is 0 Å². The van der Waals surface area contributed by atoms with Crippen molar-refractivity contribution in [3.05, 3.63) is 11.6 Å². The van der Waals surface area contributed by atoms with Gasteiger partial charge >= 0.3 is 5.97 Å². The van der Waals surface area contributed by atoms with Crippen molar-refractivity contribution in [2.45, 2.75) is 53.0 Å². The molecule has 0 saturated heterocycles. The van der Waals surface area contributed by atoms with Crippen molar-refractivity contribution in [1.82, 2.24) is 5.32 Å². The number of carbonyl (C=O) groups excluding carboxylic acids is 3. The summed E-state index contributed by atoms with van der Waals surface area (Å²) in [4.78, 5) is 36.2. The van der Waals surface area contributed by atoms with Crippen LogP contribution in [0.5, 0.6) is 0 Å². The van der Waals surface area contributed by atoms with Crippen molar-refractivity contribution in [3.63, 3.8) is 0 Å². The minimum absolute atomic E-state index is 0.0734. The summed E-state index contributed by atoms with van der Waals surface area (Å²) in [7, 11) is 1.40. The lowest BCUT2D eigenvalue weighted by atomic mass is 9.87. The predicted octanol–water partition coefficient (Wildman–Crippen LogP) is 2.25. The van der Waals surface area contributed by atoms with Crippen LogP contribution in [0.15, 0.2) is 11.6 Å². The molecule has 1 amide bonds. The van der Waals surface area contributed by atoms with Crippen LogP contribution in [0.1, 0.15) is 47.0 Å². The maximum atomic E-state index is 12.7. The zero-order valence-corrected chi connectivity index (χ0v) is 14.6. The maximum absolute atomic E-state index is 12.7. The minimum atomic E-state index is -0.514. The van der Waals surface area contributed by atoms with Gasteiger partial charge in [0.15, 0.2) is 5.78 Å². The Morgan fingerprint density at radius 2 is 2.04 bits per heavy atom. The summed E-state index contributed by atoms with van der Waals surface area (Å²) in [5.74, 6) is -0.120. The maximum Gasteiger partial charge on any atom is 0.309 e. The summed E-state index contributed by atoms with van der Waals surface area (Å²) in [5, 5.41) is 2.70. The van der Waals surface area contributed by atoms with E-state index in [1.165, 1.54) is 14.0 Å². The van der Waals surface area contributed by atoms with Crippen molar-refractivity contribution in [2.24, 2.45) is 23.2 Å². The highest BCUT2D eigenvalue weighted by molar-refractivity contribution is 6.01. The molecule has 23 heavy (non-hydrogen) atoms. The average molecular weight is 321 g/mol. The molecule has 0 aromatic heterocycles. The number of nitrogens with one attached hydrogen (secondary N) is 1. The number of ketones is 1. The lowest BCUT2D eigenvalue weighted by Gasteiger charge is -2.20. The van der Waals surface area contributed by atoms with E-state index in [0.717, 1.165) is 6.42 Å². The molecule has 0 bridgehead atoms. The molecule has 2 aliphatic rings. The zero-order valence-electron chi connectivity index (χ0n) is 14.6. The van der Waals surface area contributed by atoms with Gasteiger partial charge < -0.3 is 10.1 Å². The number of allylic oxidation sites excluding steroid dienone is 1. The average Bonchev–Trinajstić information content (AvgIpc) is 3.11. The van der Waals surface area contributed by atoms with E-state index < -0.39 is 6.04 Å². The van der Waals surface area contributed by atoms with Gasteiger partial charge in [-0.2, -0.15) is 0 Å².